The number of hydrogen-bond donors (Lipinski definition) is 2. The van der Waals surface area contributed by atoms with E-state index in [0.717, 1.165) is 14.7 Å². The third-order valence-corrected chi connectivity index (χ3v) is 3.29. The maximum Gasteiger partial charge on any atom is 0.267 e. The minimum Gasteiger partial charge on any atom is -0.368 e. The summed E-state index contributed by atoms with van der Waals surface area (Å²) in [6.07, 6.45) is 0. The Morgan fingerprint density at radius 3 is 2.50 bits per heavy atom. The molecule has 1 aromatic heterocycles. The quantitative estimate of drug-likeness (QED) is 0.793. The number of amides is 2. The highest BCUT2D eigenvalue weighted by atomic mass is 79.9. The minimum atomic E-state index is -0.655. The molecule has 2 rings (SSSR count). The van der Waals surface area contributed by atoms with Crippen molar-refractivity contribution >= 4 is 27.7 Å². The highest BCUT2D eigenvalue weighted by molar-refractivity contribution is 9.10. The zero-order chi connectivity index (χ0) is 16.1. The van der Waals surface area contributed by atoms with Crippen LogP contribution in [-0.4, -0.2) is 28.1 Å². The number of hydrogen-bond acceptors (Lipinski definition) is 4. The van der Waals surface area contributed by atoms with E-state index in [0.29, 0.717) is 5.69 Å². The van der Waals surface area contributed by atoms with Gasteiger partial charge in [-0.15, -0.1) is 0 Å². The van der Waals surface area contributed by atoms with Crippen LogP contribution >= 0.6 is 15.9 Å². The molecule has 22 heavy (non-hydrogen) atoms. The summed E-state index contributed by atoms with van der Waals surface area (Å²) in [6, 6.07) is 10.3. The lowest BCUT2D eigenvalue weighted by Gasteiger charge is -2.07. The van der Waals surface area contributed by atoms with Crippen LogP contribution in [0.15, 0.2) is 45.7 Å². The van der Waals surface area contributed by atoms with Crippen molar-refractivity contribution in [2.45, 2.75) is 6.54 Å². The second kappa shape index (κ2) is 6.99. The second-order valence-corrected chi connectivity index (χ2v) is 5.38. The number of halogens is 1. The molecule has 8 heteroatoms. The summed E-state index contributed by atoms with van der Waals surface area (Å²) in [5, 5.41) is 6.46. The van der Waals surface area contributed by atoms with Crippen LogP contribution < -0.4 is 16.6 Å². The van der Waals surface area contributed by atoms with E-state index in [-0.39, 0.29) is 13.1 Å². The third kappa shape index (κ3) is 4.26. The summed E-state index contributed by atoms with van der Waals surface area (Å²) in [5.41, 5.74) is 5.91. The molecule has 3 N–H and O–H groups in total. The molecule has 0 aliphatic carbocycles. The Kier molecular flexibility index (Phi) is 5.05. The maximum atomic E-state index is 11.8. The third-order valence-electron chi connectivity index (χ3n) is 2.76. The Hall–Kier alpha value is -2.48. The van der Waals surface area contributed by atoms with Crippen molar-refractivity contribution in [3.63, 3.8) is 0 Å². The smallest absolute Gasteiger partial charge is 0.267 e. The van der Waals surface area contributed by atoms with Crippen molar-refractivity contribution in [3.05, 3.63) is 51.2 Å². The highest BCUT2D eigenvalue weighted by Crippen LogP contribution is 2.18. The molecule has 0 unspecified atom stereocenters. The van der Waals surface area contributed by atoms with Crippen molar-refractivity contribution in [2.75, 3.05) is 6.54 Å². The summed E-state index contributed by atoms with van der Waals surface area (Å²) in [5.74, 6) is -1.17. The lowest BCUT2D eigenvalue weighted by Crippen LogP contribution is -2.38. The molecule has 0 saturated carbocycles. The van der Waals surface area contributed by atoms with Crippen LogP contribution in [0.4, 0.5) is 0 Å². The molecule has 0 aliphatic heterocycles. The molecule has 0 saturated heterocycles. The second-order valence-electron chi connectivity index (χ2n) is 4.46. The molecule has 0 radical (unpaired) electrons. The van der Waals surface area contributed by atoms with Gasteiger partial charge >= 0.3 is 0 Å². The van der Waals surface area contributed by atoms with E-state index >= 15 is 0 Å². The van der Waals surface area contributed by atoms with E-state index in [1.807, 2.05) is 24.3 Å². The fourth-order valence-corrected chi connectivity index (χ4v) is 1.98. The van der Waals surface area contributed by atoms with Gasteiger partial charge in [0.15, 0.2) is 0 Å². The number of carbonyl (C=O) groups is 2. The van der Waals surface area contributed by atoms with Crippen LogP contribution in [0.1, 0.15) is 0 Å². The van der Waals surface area contributed by atoms with Gasteiger partial charge in [-0.1, -0.05) is 28.1 Å². The van der Waals surface area contributed by atoms with Gasteiger partial charge in [0.05, 0.1) is 12.2 Å². The summed E-state index contributed by atoms with van der Waals surface area (Å²) >= 11 is 3.34. The molecule has 2 amide bonds. The monoisotopic (exact) mass is 364 g/mol. The molecule has 7 nitrogen and oxygen atoms in total. The minimum absolute atomic E-state index is 0.278. The van der Waals surface area contributed by atoms with Crippen LogP contribution in [0.2, 0.25) is 0 Å². The maximum absolute atomic E-state index is 11.8. The molecular formula is C14H13BrN4O3. The first-order chi connectivity index (χ1) is 10.5. The Morgan fingerprint density at radius 1 is 1.18 bits per heavy atom. The Balaban J connectivity index is 2.20. The fourth-order valence-electron chi connectivity index (χ4n) is 1.71. The van der Waals surface area contributed by atoms with Gasteiger partial charge in [0.1, 0.15) is 6.54 Å². The molecule has 0 atom stereocenters. The van der Waals surface area contributed by atoms with Gasteiger partial charge in [-0.25, -0.2) is 4.68 Å². The zero-order valence-corrected chi connectivity index (χ0v) is 13.0. The number of aromatic nitrogens is 2. The van der Waals surface area contributed by atoms with Crippen molar-refractivity contribution in [3.8, 4) is 11.3 Å². The van der Waals surface area contributed by atoms with Gasteiger partial charge in [0.2, 0.25) is 11.8 Å². The van der Waals surface area contributed by atoms with E-state index in [2.05, 4.69) is 26.3 Å². The zero-order valence-electron chi connectivity index (χ0n) is 11.5. The van der Waals surface area contributed by atoms with Gasteiger partial charge in [0.25, 0.3) is 5.56 Å². The van der Waals surface area contributed by atoms with Gasteiger partial charge in [-0.3, -0.25) is 14.4 Å². The van der Waals surface area contributed by atoms with Crippen molar-refractivity contribution in [1.82, 2.24) is 15.1 Å². The van der Waals surface area contributed by atoms with Crippen LogP contribution in [0.25, 0.3) is 11.3 Å². The fraction of sp³-hybridized carbons (Fsp3) is 0.143. The van der Waals surface area contributed by atoms with Crippen LogP contribution in [-0.2, 0) is 16.1 Å². The van der Waals surface area contributed by atoms with Crippen molar-refractivity contribution < 1.29 is 9.59 Å². The molecule has 114 valence electrons. The Bertz CT molecular complexity index is 755. The summed E-state index contributed by atoms with van der Waals surface area (Å²) in [6.45, 7) is -0.559. The van der Waals surface area contributed by atoms with E-state index in [4.69, 9.17) is 5.73 Å². The molecule has 0 fully saturated rings. The summed E-state index contributed by atoms with van der Waals surface area (Å²) in [4.78, 5) is 34.0. The molecule has 1 aromatic carbocycles. The average molecular weight is 365 g/mol. The predicted octanol–water partition coefficient (Wildman–Crippen LogP) is 0.274. The molecule has 1 heterocycles. The number of nitrogens with zero attached hydrogens (tertiary/aromatic N) is 2. The van der Waals surface area contributed by atoms with Gasteiger partial charge in [-0.2, -0.15) is 5.10 Å². The first kappa shape index (κ1) is 15.9. The van der Waals surface area contributed by atoms with E-state index in [1.165, 1.54) is 6.07 Å². The first-order valence-corrected chi connectivity index (χ1v) is 7.14. The largest absolute Gasteiger partial charge is 0.368 e. The predicted molar refractivity (Wildman–Crippen MR) is 83.8 cm³/mol. The highest BCUT2D eigenvalue weighted by Gasteiger charge is 2.08. The molecular weight excluding hydrogens is 352 g/mol. The summed E-state index contributed by atoms with van der Waals surface area (Å²) in [7, 11) is 0. The van der Waals surface area contributed by atoms with Crippen molar-refractivity contribution in [1.29, 1.82) is 0 Å². The molecule has 0 bridgehead atoms. The number of nitrogens with two attached hydrogens (primary N) is 1. The number of rotatable bonds is 5. The van der Waals surface area contributed by atoms with Crippen LogP contribution in [0.3, 0.4) is 0 Å². The lowest BCUT2D eigenvalue weighted by atomic mass is 10.1. The topological polar surface area (TPSA) is 107 Å². The van der Waals surface area contributed by atoms with Gasteiger partial charge in [-0.05, 0) is 18.2 Å². The number of nitrogens with one attached hydrogen (secondary N) is 1. The average Bonchev–Trinajstić information content (AvgIpc) is 2.48. The number of primary amides is 1. The van der Waals surface area contributed by atoms with Gasteiger partial charge in [0, 0.05) is 16.1 Å². The van der Waals surface area contributed by atoms with Crippen LogP contribution in [0, 0.1) is 0 Å². The first-order valence-electron chi connectivity index (χ1n) is 6.35. The van der Waals surface area contributed by atoms with Crippen LogP contribution in [0.5, 0.6) is 0 Å². The summed E-state index contributed by atoms with van der Waals surface area (Å²) < 4.78 is 1.96. The van der Waals surface area contributed by atoms with E-state index in [9.17, 15) is 14.4 Å². The number of carbonyl (C=O) groups excluding carboxylic acids is 2. The van der Waals surface area contributed by atoms with E-state index in [1.54, 1.807) is 6.07 Å². The normalized spacial score (nSPS) is 10.2. The standard InChI is InChI=1S/C14H13BrN4O3/c15-10-3-1-9(2-4-10)11-5-6-14(22)19(18-11)8-13(21)17-7-12(16)20/h1-6H,7-8H2,(H2,16,20)(H,17,21). The Labute approximate surface area is 134 Å². The van der Waals surface area contributed by atoms with E-state index < -0.39 is 17.4 Å². The van der Waals surface area contributed by atoms with Crippen molar-refractivity contribution in [2.24, 2.45) is 5.73 Å². The number of benzene rings is 1. The molecule has 0 spiro atoms. The molecule has 0 aliphatic rings. The Morgan fingerprint density at radius 2 is 1.86 bits per heavy atom. The lowest BCUT2D eigenvalue weighted by molar-refractivity contribution is -0.125. The van der Waals surface area contributed by atoms with Gasteiger partial charge < -0.3 is 11.1 Å². The molecule has 2 aromatic rings. The SMILES string of the molecule is NC(=O)CNC(=O)Cn1nc(-c2ccc(Br)cc2)ccc1=O.